The normalized spacial score (nSPS) is 21.2. The first-order valence-corrected chi connectivity index (χ1v) is 5.84. The van der Waals surface area contributed by atoms with Gasteiger partial charge in [-0.05, 0) is 30.7 Å². The zero-order valence-corrected chi connectivity index (χ0v) is 10.3. The minimum absolute atomic E-state index is 0.132. The molecule has 1 unspecified atom stereocenters. The predicted octanol–water partition coefficient (Wildman–Crippen LogP) is 1.19. The highest BCUT2D eigenvalue weighted by Crippen LogP contribution is 2.20. The molecular formula is C13H18N2O2. The van der Waals surface area contributed by atoms with Gasteiger partial charge in [0.15, 0.2) is 0 Å². The molecule has 4 heteroatoms. The average Bonchev–Trinajstić information content (AvgIpc) is 2.53. The Morgan fingerprint density at radius 1 is 1.35 bits per heavy atom. The van der Waals surface area contributed by atoms with Gasteiger partial charge in [0.1, 0.15) is 11.8 Å². The summed E-state index contributed by atoms with van der Waals surface area (Å²) in [6.07, 6.45) is 0.995. The van der Waals surface area contributed by atoms with Gasteiger partial charge < -0.3 is 15.0 Å². The van der Waals surface area contributed by atoms with Gasteiger partial charge in [0, 0.05) is 13.6 Å². The van der Waals surface area contributed by atoms with Gasteiger partial charge in [0.05, 0.1) is 7.11 Å². The van der Waals surface area contributed by atoms with Crippen molar-refractivity contribution in [1.82, 2.24) is 10.2 Å². The summed E-state index contributed by atoms with van der Waals surface area (Å²) < 4.78 is 5.11. The Kier molecular flexibility index (Phi) is 3.64. The van der Waals surface area contributed by atoms with E-state index in [0.717, 1.165) is 30.8 Å². The highest BCUT2D eigenvalue weighted by molar-refractivity contribution is 5.83. The minimum atomic E-state index is -0.228. The molecule has 0 spiro atoms. The largest absolute Gasteiger partial charge is 0.497 e. The molecule has 2 rings (SSSR count). The standard InChI is InChI=1S/C13H18N2O2/c1-15-9-3-8-14-12(13(15)16)10-4-6-11(17-2)7-5-10/h4-7,12,14H,3,8-9H2,1-2H3. The van der Waals surface area contributed by atoms with Crippen LogP contribution in [0.4, 0.5) is 0 Å². The van der Waals surface area contributed by atoms with Crippen LogP contribution in [0.1, 0.15) is 18.0 Å². The lowest BCUT2D eigenvalue weighted by Gasteiger charge is -2.20. The van der Waals surface area contributed by atoms with Crippen LogP contribution in [0.15, 0.2) is 24.3 Å². The van der Waals surface area contributed by atoms with Gasteiger partial charge in [-0.25, -0.2) is 0 Å². The van der Waals surface area contributed by atoms with E-state index in [1.807, 2.05) is 31.3 Å². The Morgan fingerprint density at radius 3 is 2.71 bits per heavy atom. The van der Waals surface area contributed by atoms with E-state index >= 15 is 0 Å². The quantitative estimate of drug-likeness (QED) is 0.835. The molecule has 1 aliphatic heterocycles. The average molecular weight is 234 g/mol. The number of hydrogen-bond acceptors (Lipinski definition) is 3. The number of methoxy groups -OCH3 is 1. The molecule has 17 heavy (non-hydrogen) atoms. The summed E-state index contributed by atoms with van der Waals surface area (Å²) >= 11 is 0. The van der Waals surface area contributed by atoms with Crippen molar-refractivity contribution in [2.75, 3.05) is 27.2 Å². The third kappa shape index (κ3) is 2.58. The molecule has 1 saturated heterocycles. The number of carbonyl (C=O) groups is 1. The molecule has 0 aromatic heterocycles. The number of carbonyl (C=O) groups excluding carboxylic acids is 1. The van der Waals surface area contributed by atoms with Gasteiger partial charge in [0.25, 0.3) is 0 Å². The molecule has 0 radical (unpaired) electrons. The van der Waals surface area contributed by atoms with Gasteiger partial charge >= 0.3 is 0 Å². The van der Waals surface area contributed by atoms with Crippen molar-refractivity contribution < 1.29 is 9.53 Å². The van der Waals surface area contributed by atoms with E-state index in [1.165, 1.54) is 0 Å². The molecule has 1 amide bonds. The van der Waals surface area contributed by atoms with Crippen LogP contribution in [-0.4, -0.2) is 38.1 Å². The lowest BCUT2D eigenvalue weighted by atomic mass is 10.1. The highest BCUT2D eigenvalue weighted by Gasteiger charge is 2.25. The summed E-state index contributed by atoms with van der Waals surface area (Å²) in [7, 11) is 3.49. The van der Waals surface area contributed by atoms with Crippen LogP contribution in [0.2, 0.25) is 0 Å². The van der Waals surface area contributed by atoms with Crippen molar-refractivity contribution in [2.24, 2.45) is 0 Å². The van der Waals surface area contributed by atoms with Crippen LogP contribution in [-0.2, 0) is 4.79 Å². The van der Waals surface area contributed by atoms with Gasteiger partial charge in [0.2, 0.25) is 5.91 Å². The second-order valence-corrected chi connectivity index (χ2v) is 4.27. The molecule has 92 valence electrons. The Balaban J connectivity index is 2.21. The molecule has 1 aromatic rings. The first kappa shape index (κ1) is 11.9. The Morgan fingerprint density at radius 2 is 2.06 bits per heavy atom. The van der Waals surface area contributed by atoms with Gasteiger partial charge in [-0.2, -0.15) is 0 Å². The molecular weight excluding hydrogens is 216 g/mol. The number of nitrogens with zero attached hydrogens (tertiary/aromatic N) is 1. The van der Waals surface area contributed by atoms with Crippen molar-refractivity contribution >= 4 is 5.91 Å². The zero-order valence-electron chi connectivity index (χ0n) is 10.3. The summed E-state index contributed by atoms with van der Waals surface area (Å²) in [5.41, 5.74) is 0.990. The zero-order chi connectivity index (χ0) is 12.3. The fourth-order valence-corrected chi connectivity index (χ4v) is 2.04. The SMILES string of the molecule is COc1ccc(C2NCCCN(C)C2=O)cc1. The molecule has 0 bridgehead atoms. The van der Waals surface area contributed by atoms with E-state index in [4.69, 9.17) is 4.74 Å². The summed E-state index contributed by atoms with van der Waals surface area (Å²) in [6.45, 7) is 1.69. The Hall–Kier alpha value is -1.55. The molecule has 1 fully saturated rings. The minimum Gasteiger partial charge on any atom is -0.497 e. The maximum atomic E-state index is 12.1. The molecule has 4 nitrogen and oxygen atoms in total. The van der Waals surface area contributed by atoms with Crippen molar-refractivity contribution in [3.63, 3.8) is 0 Å². The third-order valence-electron chi connectivity index (χ3n) is 3.09. The second kappa shape index (κ2) is 5.19. The van der Waals surface area contributed by atoms with Crippen LogP contribution >= 0.6 is 0 Å². The third-order valence-corrected chi connectivity index (χ3v) is 3.09. The highest BCUT2D eigenvalue weighted by atomic mass is 16.5. The summed E-state index contributed by atoms with van der Waals surface area (Å²) in [6, 6.07) is 7.42. The fraction of sp³-hybridized carbons (Fsp3) is 0.462. The van der Waals surface area contributed by atoms with Crippen LogP contribution < -0.4 is 10.1 Å². The number of likely N-dealkylation sites (N-methyl/N-ethyl adjacent to an activating group) is 1. The maximum absolute atomic E-state index is 12.1. The smallest absolute Gasteiger partial charge is 0.244 e. The summed E-state index contributed by atoms with van der Waals surface area (Å²) in [4.78, 5) is 13.9. The predicted molar refractivity (Wildman–Crippen MR) is 66.0 cm³/mol. The molecule has 1 atom stereocenters. The molecule has 1 aromatic carbocycles. The monoisotopic (exact) mass is 234 g/mol. The van der Waals surface area contributed by atoms with Crippen molar-refractivity contribution in [3.05, 3.63) is 29.8 Å². The molecule has 1 aliphatic rings. The van der Waals surface area contributed by atoms with Gasteiger partial charge in [-0.1, -0.05) is 12.1 Å². The fourth-order valence-electron chi connectivity index (χ4n) is 2.04. The number of hydrogen-bond donors (Lipinski definition) is 1. The van der Waals surface area contributed by atoms with E-state index < -0.39 is 0 Å². The van der Waals surface area contributed by atoms with E-state index in [0.29, 0.717) is 0 Å². The van der Waals surface area contributed by atoms with E-state index in [9.17, 15) is 4.79 Å². The van der Waals surface area contributed by atoms with Crippen LogP contribution in [0.3, 0.4) is 0 Å². The summed E-state index contributed by atoms with van der Waals surface area (Å²) in [5.74, 6) is 0.941. The summed E-state index contributed by atoms with van der Waals surface area (Å²) in [5, 5.41) is 3.28. The van der Waals surface area contributed by atoms with E-state index in [2.05, 4.69) is 5.32 Å². The van der Waals surface area contributed by atoms with E-state index in [1.54, 1.807) is 12.0 Å². The number of rotatable bonds is 2. The van der Waals surface area contributed by atoms with E-state index in [-0.39, 0.29) is 11.9 Å². The maximum Gasteiger partial charge on any atom is 0.244 e. The number of amides is 1. The second-order valence-electron chi connectivity index (χ2n) is 4.27. The lowest BCUT2D eigenvalue weighted by molar-refractivity contribution is -0.131. The number of nitrogens with one attached hydrogen (secondary N) is 1. The molecule has 0 aliphatic carbocycles. The van der Waals surface area contributed by atoms with Crippen LogP contribution in [0.25, 0.3) is 0 Å². The first-order chi connectivity index (χ1) is 8.22. The first-order valence-electron chi connectivity index (χ1n) is 5.84. The topological polar surface area (TPSA) is 41.6 Å². The van der Waals surface area contributed by atoms with Crippen LogP contribution in [0, 0.1) is 0 Å². The number of ether oxygens (including phenoxy) is 1. The van der Waals surface area contributed by atoms with Crippen molar-refractivity contribution in [1.29, 1.82) is 0 Å². The molecule has 1 heterocycles. The number of benzene rings is 1. The van der Waals surface area contributed by atoms with Crippen molar-refractivity contribution in [3.8, 4) is 5.75 Å². The van der Waals surface area contributed by atoms with Crippen LogP contribution in [0.5, 0.6) is 5.75 Å². The lowest BCUT2D eigenvalue weighted by Crippen LogP contribution is -2.35. The van der Waals surface area contributed by atoms with Crippen molar-refractivity contribution in [2.45, 2.75) is 12.5 Å². The Bertz CT molecular complexity index is 389. The molecule has 0 saturated carbocycles. The Labute approximate surface area is 102 Å². The molecule has 1 N–H and O–H groups in total. The van der Waals surface area contributed by atoms with Gasteiger partial charge in [-0.15, -0.1) is 0 Å². The van der Waals surface area contributed by atoms with Gasteiger partial charge in [-0.3, -0.25) is 4.79 Å².